The highest BCUT2D eigenvalue weighted by molar-refractivity contribution is 5.99. The van der Waals surface area contributed by atoms with Crippen molar-refractivity contribution in [3.8, 4) is 5.75 Å². The molecule has 0 amide bonds. The van der Waals surface area contributed by atoms with E-state index in [1.807, 2.05) is 0 Å². The number of ketones is 1. The number of Topliss-reactive ketones (excluding diaryl/α,β-unsaturated/α-hetero) is 1. The smallest absolute Gasteiger partial charge is 0.343 e. The molecule has 6 nitrogen and oxygen atoms in total. The number of esters is 2. The number of benzene rings is 2. The van der Waals surface area contributed by atoms with Gasteiger partial charge in [-0.3, -0.25) is 9.78 Å². The zero-order valence-electron chi connectivity index (χ0n) is 14.2. The minimum absolute atomic E-state index is 0.314. The lowest BCUT2D eigenvalue weighted by Crippen LogP contribution is -2.14. The van der Waals surface area contributed by atoms with Crippen molar-refractivity contribution in [3.05, 3.63) is 95.8 Å². The lowest BCUT2D eigenvalue weighted by Gasteiger charge is -2.06. The molecule has 0 aliphatic rings. The maximum absolute atomic E-state index is 12.1. The molecule has 0 saturated heterocycles. The first kappa shape index (κ1) is 18.0. The molecular weight excluding hydrogens is 346 g/mol. The quantitative estimate of drug-likeness (QED) is 0.380. The Morgan fingerprint density at radius 1 is 0.704 bits per heavy atom. The topological polar surface area (TPSA) is 82.6 Å². The van der Waals surface area contributed by atoms with Crippen LogP contribution in [0, 0.1) is 0 Å². The van der Waals surface area contributed by atoms with E-state index in [2.05, 4.69) is 4.98 Å². The van der Waals surface area contributed by atoms with Gasteiger partial charge in [0, 0.05) is 18.0 Å². The Morgan fingerprint density at radius 3 is 2.00 bits per heavy atom. The molecule has 0 aliphatic heterocycles. The van der Waals surface area contributed by atoms with Crippen molar-refractivity contribution >= 4 is 17.7 Å². The number of hydrogen-bond acceptors (Lipinski definition) is 6. The molecule has 3 rings (SSSR count). The lowest BCUT2D eigenvalue weighted by molar-refractivity contribution is 0.0474. The molecule has 0 radical (unpaired) electrons. The van der Waals surface area contributed by atoms with Gasteiger partial charge in [-0.2, -0.15) is 0 Å². The minimum atomic E-state index is -0.598. The van der Waals surface area contributed by atoms with Gasteiger partial charge in [0.25, 0.3) is 0 Å². The van der Waals surface area contributed by atoms with Crippen molar-refractivity contribution in [2.24, 2.45) is 0 Å². The zero-order chi connectivity index (χ0) is 19.1. The molecule has 0 unspecified atom stereocenters. The first-order chi connectivity index (χ1) is 13.1. The fourth-order valence-electron chi connectivity index (χ4n) is 2.23. The number of carbonyl (C=O) groups is 3. The molecule has 27 heavy (non-hydrogen) atoms. The number of carbonyl (C=O) groups excluding carboxylic acids is 3. The van der Waals surface area contributed by atoms with E-state index in [1.165, 1.54) is 48.8 Å². The van der Waals surface area contributed by atoms with E-state index < -0.39 is 11.9 Å². The van der Waals surface area contributed by atoms with Gasteiger partial charge >= 0.3 is 11.9 Å². The molecule has 0 atom stereocenters. The molecule has 2 aromatic carbocycles. The van der Waals surface area contributed by atoms with Crippen LogP contribution >= 0.6 is 0 Å². The van der Waals surface area contributed by atoms with Crippen LogP contribution in [-0.2, 0) is 4.74 Å². The fourth-order valence-corrected chi connectivity index (χ4v) is 2.23. The van der Waals surface area contributed by atoms with E-state index >= 15 is 0 Å². The van der Waals surface area contributed by atoms with Gasteiger partial charge in [-0.15, -0.1) is 0 Å². The van der Waals surface area contributed by atoms with E-state index in [9.17, 15) is 14.4 Å². The predicted molar refractivity (Wildman–Crippen MR) is 96.7 cm³/mol. The number of nitrogens with zero attached hydrogens (tertiary/aromatic N) is 1. The maximum Gasteiger partial charge on any atom is 0.343 e. The molecular formula is C21H15NO5. The Balaban J connectivity index is 1.56. The van der Waals surface area contributed by atoms with E-state index in [0.29, 0.717) is 22.4 Å². The summed E-state index contributed by atoms with van der Waals surface area (Å²) >= 11 is 0. The van der Waals surface area contributed by atoms with Gasteiger partial charge in [0.2, 0.25) is 0 Å². The standard InChI is InChI=1S/C21H15NO5/c23-19(14-26-20(24)17-10-12-22-13-11-17)15-6-8-18(9-7-15)27-21(25)16-4-2-1-3-5-16/h1-13H,14H2. The molecule has 0 bridgehead atoms. The van der Waals surface area contributed by atoms with E-state index in [0.717, 1.165) is 0 Å². The van der Waals surface area contributed by atoms with E-state index in [-0.39, 0.29) is 12.4 Å². The molecule has 0 N–H and O–H groups in total. The first-order valence-electron chi connectivity index (χ1n) is 8.11. The monoisotopic (exact) mass is 361 g/mol. The van der Waals surface area contributed by atoms with Gasteiger partial charge in [0.1, 0.15) is 5.75 Å². The summed E-state index contributed by atoms with van der Waals surface area (Å²) in [5.41, 5.74) is 1.10. The second-order valence-electron chi connectivity index (χ2n) is 5.52. The molecule has 6 heteroatoms. The van der Waals surface area contributed by atoms with Crippen LogP contribution in [0.3, 0.4) is 0 Å². The second-order valence-corrected chi connectivity index (χ2v) is 5.52. The molecule has 1 aromatic heterocycles. The molecule has 0 fully saturated rings. The highest BCUT2D eigenvalue weighted by Crippen LogP contribution is 2.15. The average molecular weight is 361 g/mol. The normalized spacial score (nSPS) is 10.1. The SMILES string of the molecule is O=C(COC(=O)c1ccncc1)c1ccc(OC(=O)c2ccccc2)cc1. The Morgan fingerprint density at radius 2 is 1.33 bits per heavy atom. The molecule has 1 heterocycles. The van der Waals surface area contributed by atoms with Crippen molar-refractivity contribution in [1.82, 2.24) is 4.98 Å². The fraction of sp³-hybridized carbons (Fsp3) is 0.0476. The third-order valence-electron chi connectivity index (χ3n) is 3.65. The third-order valence-corrected chi connectivity index (χ3v) is 3.65. The average Bonchev–Trinajstić information content (AvgIpc) is 2.73. The summed E-state index contributed by atoms with van der Waals surface area (Å²) in [5.74, 6) is -1.13. The number of hydrogen-bond donors (Lipinski definition) is 0. The van der Waals surface area contributed by atoms with Crippen LogP contribution in [0.25, 0.3) is 0 Å². The number of ether oxygens (including phenoxy) is 2. The van der Waals surface area contributed by atoms with Gasteiger partial charge in [-0.1, -0.05) is 18.2 Å². The number of aromatic nitrogens is 1. The van der Waals surface area contributed by atoms with Gasteiger partial charge < -0.3 is 9.47 Å². The highest BCUT2D eigenvalue weighted by atomic mass is 16.5. The highest BCUT2D eigenvalue weighted by Gasteiger charge is 2.13. The Kier molecular flexibility index (Phi) is 5.69. The van der Waals surface area contributed by atoms with Gasteiger partial charge in [0.15, 0.2) is 12.4 Å². The summed E-state index contributed by atoms with van der Waals surface area (Å²) < 4.78 is 10.2. The van der Waals surface area contributed by atoms with Crippen molar-refractivity contribution in [3.63, 3.8) is 0 Å². The van der Waals surface area contributed by atoms with Gasteiger partial charge in [-0.05, 0) is 48.5 Å². The molecule has 0 spiro atoms. The van der Waals surface area contributed by atoms with Crippen LogP contribution in [0.1, 0.15) is 31.1 Å². The van der Waals surface area contributed by atoms with Crippen LogP contribution in [-0.4, -0.2) is 29.3 Å². The summed E-state index contributed by atoms with van der Waals surface area (Å²) in [7, 11) is 0. The van der Waals surface area contributed by atoms with Crippen LogP contribution in [0.5, 0.6) is 5.75 Å². The molecule has 0 saturated carbocycles. The summed E-state index contributed by atoms with van der Waals surface area (Å²) in [6.07, 6.45) is 2.93. The maximum atomic E-state index is 12.1. The number of pyridine rings is 1. The Bertz CT molecular complexity index is 937. The van der Waals surface area contributed by atoms with Crippen molar-refractivity contribution in [2.45, 2.75) is 0 Å². The zero-order valence-corrected chi connectivity index (χ0v) is 14.2. The van der Waals surface area contributed by atoms with Crippen LogP contribution < -0.4 is 4.74 Å². The predicted octanol–water partition coefficient (Wildman–Crippen LogP) is 3.34. The van der Waals surface area contributed by atoms with E-state index in [1.54, 1.807) is 30.3 Å². The Labute approximate surface area is 155 Å². The van der Waals surface area contributed by atoms with Crippen LogP contribution in [0.4, 0.5) is 0 Å². The third kappa shape index (κ3) is 4.85. The first-order valence-corrected chi connectivity index (χ1v) is 8.11. The molecule has 0 aliphatic carbocycles. The van der Waals surface area contributed by atoms with E-state index in [4.69, 9.17) is 9.47 Å². The summed E-state index contributed by atoms with van der Waals surface area (Å²) in [6.45, 7) is -0.385. The lowest BCUT2D eigenvalue weighted by atomic mass is 10.1. The molecule has 3 aromatic rings. The summed E-state index contributed by atoms with van der Waals surface area (Å²) in [4.78, 5) is 39.8. The van der Waals surface area contributed by atoms with Crippen molar-refractivity contribution < 1.29 is 23.9 Å². The minimum Gasteiger partial charge on any atom is -0.454 e. The van der Waals surface area contributed by atoms with Gasteiger partial charge in [-0.25, -0.2) is 9.59 Å². The Hall–Kier alpha value is -3.80. The van der Waals surface area contributed by atoms with Crippen LogP contribution in [0.15, 0.2) is 79.1 Å². The molecule has 134 valence electrons. The summed E-state index contributed by atoms with van der Waals surface area (Å²) in [6, 6.07) is 17.6. The van der Waals surface area contributed by atoms with Gasteiger partial charge in [0.05, 0.1) is 11.1 Å². The second kappa shape index (κ2) is 8.53. The number of rotatable bonds is 6. The van der Waals surface area contributed by atoms with Crippen molar-refractivity contribution in [1.29, 1.82) is 0 Å². The van der Waals surface area contributed by atoms with Crippen molar-refractivity contribution in [2.75, 3.05) is 6.61 Å². The largest absolute Gasteiger partial charge is 0.454 e. The van der Waals surface area contributed by atoms with Crippen LogP contribution in [0.2, 0.25) is 0 Å². The summed E-state index contributed by atoms with van der Waals surface area (Å²) in [5, 5.41) is 0.